The molecule has 7 heterocycles. The summed E-state index contributed by atoms with van der Waals surface area (Å²) in [6.07, 6.45) is 3.87. The van der Waals surface area contributed by atoms with Gasteiger partial charge in [0.05, 0.1) is 38.0 Å². The number of carbonyl (C=O) groups excluding carboxylic acids is 2. The van der Waals surface area contributed by atoms with E-state index >= 15 is 0 Å². The van der Waals surface area contributed by atoms with Gasteiger partial charge in [0.25, 0.3) is 0 Å². The van der Waals surface area contributed by atoms with Gasteiger partial charge >= 0.3 is 11.9 Å². The number of nitrogens with zero attached hydrogens (tertiary/aromatic N) is 18. The van der Waals surface area contributed by atoms with E-state index in [9.17, 15) is 9.59 Å². The number of anilines is 2. The summed E-state index contributed by atoms with van der Waals surface area (Å²) in [6, 6.07) is 1.54. The highest BCUT2D eigenvalue weighted by atomic mass is 32.1. The maximum absolute atomic E-state index is 12.5. The van der Waals surface area contributed by atoms with E-state index < -0.39 is 11.9 Å². The highest BCUT2D eigenvalue weighted by Gasteiger charge is 2.24. The van der Waals surface area contributed by atoms with Gasteiger partial charge in [-0.25, -0.2) is 29.5 Å². The molecule has 0 atom stereocenters. The largest absolute Gasteiger partial charge is 0.465 e. The fourth-order valence-corrected chi connectivity index (χ4v) is 6.12. The Kier molecular flexibility index (Phi) is 9.17. The average Bonchev–Trinajstić information content (AvgIpc) is 4.03. The first kappa shape index (κ1) is 35.2. The van der Waals surface area contributed by atoms with Crippen molar-refractivity contribution in [3.8, 4) is 21.9 Å². The molecule has 0 bridgehead atoms. The van der Waals surface area contributed by atoms with Gasteiger partial charge in [-0.3, -0.25) is 0 Å². The molecular formula is C28H26N20O4S2. The molecule has 0 aliphatic rings. The highest BCUT2D eigenvalue weighted by Crippen LogP contribution is 2.35. The summed E-state index contributed by atoms with van der Waals surface area (Å²) in [5.74, 6) is 0.395. The molecule has 0 fully saturated rings. The fourth-order valence-electron chi connectivity index (χ4n) is 4.84. The van der Waals surface area contributed by atoms with Crippen LogP contribution in [0.1, 0.15) is 43.8 Å². The number of hydrogen-bond acceptors (Lipinski definition) is 22. The minimum atomic E-state index is -0.677. The third-order valence-electron chi connectivity index (χ3n) is 7.38. The molecule has 0 radical (unpaired) electrons. The number of nitrogen functional groups attached to an aromatic ring is 2. The quantitative estimate of drug-likeness (QED) is 0.148. The molecule has 7 rings (SSSR count). The molecule has 0 amide bonds. The number of rotatable bonds is 10. The smallest absolute Gasteiger partial charge is 0.343 e. The van der Waals surface area contributed by atoms with Gasteiger partial charge in [-0.15, -0.1) is 20.5 Å². The number of esters is 2. The molecule has 0 aliphatic carbocycles. The van der Waals surface area contributed by atoms with Crippen LogP contribution < -0.4 is 11.5 Å². The van der Waals surface area contributed by atoms with Crippen molar-refractivity contribution in [3.05, 3.63) is 59.0 Å². The van der Waals surface area contributed by atoms with Crippen molar-refractivity contribution in [2.45, 2.75) is 27.7 Å². The van der Waals surface area contributed by atoms with Gasteiger partial charge in [-0.2, -0.15) is 47.9 Å². The lowest BCUT2D eigenvalue weighted by atomic mass is 10.3. The van der Waals surface area contributed by atoms with Crippen molar-refractivity contribution in [2.75, 3.05) is 25.7 Å². The van der Waals surface area contributed by atoms with Crippen LogP contribution in [0.5, 0.6) is 0 Å². The summed E-state index contributed by atoms with van der Waals surface area (Å²) < 4.78 is 23.4. The van der Waals surface area contributed by atoms with Crippen LogP contribution >= 0.6 is 23.1 Å². The summed E-state index contributed by atoms with van der Waals surface area (Å²) in [5, 5.41) is 35.4. The second kappa shape index (κ2) is 14.1. The van der Waals surface area contributed by atoms with Gasteiger partial charge in [-0.05, 0) is 27.7 Å². The molecule has 7 aromatic heterocycles. The fraction of sp³-hybridized carbons (Fsp3) is 0.214. The first-order chi connectivity index (χ1) is 26.0. The van der Waals surface area contributed by atoms with E-state index in [1.165, 1.54) is 57.7 Å². The number of ether oxygens (including phenoxy) is 2. The average molecular weight is 771 g/mol. The van der Waals surface area contributed by atoms with E-state index in [4.69, 9.17) is 20.9 Å². The van der Waals surface area contributed by atoms with Crippen LogP contribution in [-0.2, 0) is 9.47 Å². The number of azo groups is 2. The number of hydrogen-bond donors (Lipinski definition) is 2. The summed E-state index contributed by atoms with van der Waals surface area (Å²) in [5.41, 5.74) is 14.3. The Hall–Kier alpha value is -7.22. The number of carbonyl (C=O) groups is 2. The van der Waals surface area contributed by atoms with Crippen LogP contribution in [0.4, 0.5) is 34.6 Å². The van der Waals surface area contributed by atoms with Crippen molar-refractivity contribution < 1.29 is 19.1 Å². The van der Waals surface area contributed by atoms with Crippen molar-refractivity contribution >= 4 is 69.6 Å². The Morgan fingerprint density at radius 1 is 0.667 bits per heavy atom. The molecule has 0 saturated heterocycles. The molecule has 0 aromatic carbocycles. The lowest BCUT2D eigenvalue weighted by Gasteiger charge is -2.06. The number of nitrogens with two attached hydrogens (primary N) is 2. The summed E-state index contributed by atoms with van der Waals surface area (Å²) in [7, 11) is 2.48. The van der Waals surface area contributed by atoms with Crippen molar-refractivity contribution in [1.82, 2.24) is 67.8 Å². The summed E-state index contributed by atoms with van der Waals surface area (Å²) >= 11 is 2.13. The van der Waals surface area contributed by atoms with Crippen molar-refractivity contribution in [1.29, 1.82) is 0 Å². The predicted molar refractivity (Wildman–Crippen MR) is 189 cm³/mol. The maximum Gasteiger partial charge on any atom is 0.343 e. The normalized spacial score (nSPS) is 11.7. The minimum absolute atomic E-state index is 0.0469. The minimum Gasteiger partial charge on any atom is -0.465 e. The molecule has 7 aromatic rings. The first-order valence-corrected chi connectivity index (χ1v) is 16.8. The lowest BCUT2D eigenvalue weighted by molar-refractivity contribution is 0.0592. The molecular weight excluding hydrogens is 745 g/mol. The third kappa shape index (κ3) is 6.29. The monoisotopic (exact) mass is 770 g/mol. The van der Waals surface area contributed by atoms with E-state index in [1.807, 2.05) is 0 Å². The zero-order valence-corrected chi connectivity index (χ0v) is 30.6. The van der Waals surface area contributed by atoms with Crippen LogP contribution in [0.25, 0.3) is 21.9 Å². The van der Waals surface area contributed by atoms with E-state index in [2.05, 4.69) is 69.5 Å². The molecule has 0 aliphatic heterocycles. The van der Waals surface area contributed by atoms with Gasteiger partial charge in [0.1, 0.15) is 29.1 Å². The van der Waals surface area contributed by atoms with Gasteiger partial charge in [0.2, 0.25) is 10.3 Å². The van der Waals surface area contributed by atoms with Crippen LogP contribution in [-0.4, -0.2) is 94.0 Å². The van der Waals surface area contributed by atoms with E-state index in [0.717, 1.165) is 23.1 Å². The third-order valence-corrected chi connectivity index (χ3v) is 8.95. The maximum atomic E-state index is 12.5. The van der Waals surface area contributed by atoms with Crippen molar-refractivity contribution in [2.24, 2.45) is 20.5 Å². The van der Waals surface area contributed by atoms with Crippen molar-refractivity contribution in [3.63, 3.8) is 0 Å². The number of aryl methyl sites for hydroxylation is 4. The first-order valence-electron chi connectivity index (χ1n) is 15.3. The highest BCUT2D eigenvalue weighted by molar-refractivity contribution is 7.08. The lowest BCUT2D eigenvalue weighted by Crippen LogP contribution is -2.09. The molecule has 54 heavy (non-hydrogen) atoms. The Labute approximate surface area is 310 Å². The zero-order chi connectivity index (χ0) is 38.3. The van der Waals surface area contributed by atoms with Gasteiger partial charge < -0.3 is 20.9 Å². The van der Waals surface area contributed by atoms with Crippen LogP contribution in [0, 0.1) is 27.7 Å². The molecule has 0 spiro atoms. The zero-order valence-electron chi connectivity index (χ0n) is 29.0. The summed E-state index contributed by atoms with van der Waals surface area (Å²) in [6.45, 7) is 6.79. The summed E-state index contributed by atoms with van der Waals surface area (Å²) in [4.78, 5) is 42.3. The molecule has 0 saturated carbocycles. The SMILES string of the molecule is COC(=O)c1cnn(-c2nc(C)ns2)c1N=Nc1c(C)nn(-c2cc(-n3nc(C)c(N=Nc4c(C(=O)OC)cnn4-c4nc(C)ns4)c3N)ncn2)c1N. The van der Waals surface area contributed by atoms with Gasteiger partial charge in [-0.1, -0.05) is 0 Å². The van der Waals surface area contributed by atoms with E-state index in [-0.39, 0.29) is 57.4 Å². The topological polar surface area (TPSA) is 303 Å². The van der Waals surface area contributed by atoms with E-state index in [0.29, 0.717) is 33.3 Å². The van der Waals surface area contributed by atoms with Crippen LogP contribution in [0.2, 0.25) is 0 Å². The Balaban J connectivity index is 1.21. The van der Waals surface area contributed by atoms with Crippen LogP contribution in [0.3, 0.4) is 0 Å². The predicted octanol–water partition coefficient (Wildman–Crippen LogP) is 3.72. The Morgan fingerprint density at radius 2 is 1.09 bits per heavy atom. The molecule has 24 nitrogen and oxygen atoms in total. The molecule has 274 valence electrons. The van der Waals surface area contributed by atoms with Gasteiger partial charge in [0, 0.05) is 29.1 Å². The Morgan fingerprint density at radius 3 is 1.46 bits per heavy atom. The second-order valence-electron chi connectivity index (χ2n) is 10.9. The van der Waals surface area contributed by atoms with Gasteiger partial charge in [0.15, 0.2) is 46.3 Å². The number of aromatic nitrogens is 14. The number of methoxy groups -OCH3 is 2. The second-order valence-corrected chi connectivity index (χ2v) is 12.4. The van der Waals surface area contributed by atoms with Crippen LogP contribution in [0.15, 0.2) is 45.2 Å². The standard InChI is InChI=1S/C28H26N20O4S2/c1-11-19(37-39-23-15(25(49)51-5)8-33-47(23)27-35-13(3)43-53-27)21(29)45(41-11)17-7-18(32-10-31-17)46-22(30)20(12(2)42-46)38-40-24-16(26(50)52-6)9-34-48(24)28-36-14(4)44-54-28/h7-10H,29-30H2,1-6H3. The molecule has 4 N–H and O–H groups in total. The Bertz CT molecular complexity index is 2450. The molecule has 26 heteroatoms. The molecule has 0 unspecified atom stereocenters. The van der Waals surface area contributed by atoms with E-state index in [1.54, 1.807) is 27.7 Å².